The maximum Gasteiger partial charge on any atom is 0.407 e. The van der Waals surface area contributed by atoms with Gasteiger partial charge in [-0.15, -0.1) is 0 Å². The molecule has 6 heterocycles. The van der Waals surface area contributed by atoms with Crippen LogP contribution >= 0.6 is 11.3 Å². The number of carbonyl (C=O) groups is 4. The fourth-order valence-electron chi connectivity index (χ4n) is 5.01. The highest BCUT2D eigenvalue weighted by atomic mass is 32.1. The minimum Gasteiger partial charge on any atom is -0.453 e. The monoisotopic (exact) mass is 807 g/mol. The van der Waals surface area contributed by atoms with Crippen molar-refractivity contribution in [3.63, 3.8) is 0 Å². The molecule has 17 heteroatoms. The average Bonchev–Trinajstić information content (AvgIpc) is 4.08. The van der Waals surface area contributed by atoms with E-state index in [2.05, 4.69) is 109 Å². The second-order valence-electron chi connectivity index (χ2n) is 13.0. The van der Waals surface area contributed by atoms with Crippen molar-refractivity contribution >= 4 is 40.5 Å². The van der Waals surface area contributed by atoms with Gasteiger partial charge >= 0.3 is 6.09 Å². The molecule has 0 saturated carbocycles. The quantitative estimate of drug-likeness (QED) is 0.126. The van der Waals surface area contributed by atoms with Gasteiger partial charge in [-0.05, 0) is 51.4 Å². The van der Waals surface area contributed by atoms with Gasteiger partial charge in [0.15, 0.2) is 5.01 Å². The lowest BCUT2D eigenvalue weighted by molar-refractivity contribution is -0.131. The number of imidazole rings is 3. The van der Waals surface area contributed by atoms with E-state index in [0.29, 0.717) is 12.7 Å². The summed E-state index contributed by atoms with van der Waals surface area (Å²) >= 11 is 1.53. The smallest absolute Gasteiger partial charge is 0.407 e. The molecule has 7 rings (SSSR count). The van der Waals surface area contributed by atoms with Crippen molar-refractivity contribution in [2.45, 2.75) is 79.6 Å². The summed E-state index contributed by atoms with van der Waals surface area (Å²) in [5.74, 6) is -0.0214. The van der Waals surface area contributed by atoms with Crippen LogP contribution in [-0.2, 0) is 19.1 Å². The molecule has 2 aliphatic heterocycles. The summed E-state index contributed by atoms with van der Waals surface area (Å²) < 4.78 is 5.95. The van der Waals surface area contributed by atoms with E-state index >= 15 is 0 Å². The fourth-order valence-corrected chi connectivity index (χ4v) is 5.86. The summed E-state index contributed by atoms with van der Waals surface area (Å²) in [6.07, 6.45) is 16.8. The molecule has 312 valence electrons. The van der Waals surface area contributed by atoms with Crippen LogP contribution in [0.2, 0.25) is 0 Å². The molecule has 2 saturated heterocycles. The Morgan fingerprint density at radius 2 is 1.40 bits per heavy atom. The van der Waals surface area contributed by atoms with Gasteiger partial charge in [-0.25, -0.2) is 24.3 Å². The number of fused-ring (bicyclic) bond motifs is 1. The number of H-pyrrole nitrogens is 2. The molecule has 57 heavy (non-hydrogen) atoms. The number of likely N-dealkylation sites (tertiary alicyclic amines) is 2. The number of ether oxygens (including phenoxy) is 1. The number of rotatable bonds is 8. The predicted octanol–water partition coefficient (Wildman–Crippen LogP) is 6.46. The van der Waals surface area contributed by atoms with Gasteiger partial charge in [0.2, 0.25) is 16.8 Å². The predicted molar refractivity (Wildman–Crippen MR) is 226 cm³/mol. The minimum absolute atomic E-state index is 0.00662. The topological polar surface area (TPSA) is 196 Å². The van der Waals surface area contributed by atoms with Crippen molar-refractivity contribution in [1.29, 1.82) is 0 Å². The second-order valence-corrected chi connectivity index (χ2v) is 13.9. The molecule has 16 nitrogen and oxygen atoms in total. The Labute approximate surface area is 340 Å². The van der Waals surface area contributed by atoms with E-state index in [1.165, 1.54) is 57.2 Å². The number of hydrogen-bond donors (Lipinski definition) is 4. The standard InChI is InChI=1S/C16H11N7S.C9H16N2O2.C5H11N.C4H7NO3.2C3H8/c1-3-11(4-2-10(1)12-5-17-8-19-12)14-7-23-16(21-14)24-15(22-23)13-6-18-9-20-13;1-2-8(12)10-7-9(13)11-5-3-4-6-11;1-6-4-2-3-5-6;1-8-4(7)5-2-3-6;2*1-3-2/h1-9H,(H,17,19)(H,18,20);2-7H2,1H3,(H,10,12);2-5H2,1H3;3H,2H2,1H3,(H,5,7);2*3H2,1-2H3. The highest BCUT2D eigenvalue weighted by Gasteiger charge is 2.17. The van der Waals surface area contributed by atoms with Crippen molar-refractivity contribution in [2.75, 3.05) is 53.4 Å². The first-order valence-electron chi connectivity index (χ1n) is 19.6. The van der Waals surface area contributed by atoms with Crippen molar-refractivity contribution in [3.8, 4) is 33.2 Å². The molecule has 5 aromatic rings. The molecule has 3 amide bonds. The molecule has 2 aliphatic rings. The lowest BCUT2D eigenvalue weighted by atomic mass is 10.1. The number of nitrogens with zero attached hydrogens (tertiary/aromatic N) is 7. The first-order chi connectivity index (χ1) is 27.6. The summed E-state index contributed by atoms with van der Waals surface area (Å²) in [4.78, 5) is 65.8. The van der Waals surface area contributed by atoms with E-state index in [1.807, 2.05) is 12.4 Å². The van der Waals surface area contributed by atoms with Gasteiger partial charge in [-0.2, -0.15) is 5.10 Å². The molecule has 0 bridgehead atoms. The first kappa shape index (κ1) is 47.7. The average molecular weight is 808 g/mol. The Morgan fingerprint density at radius 1 is 0.842 bits per heavy atom. The molecule has 0 unspecified atom stereocenters. The zero-order chi connectivity index (χ0) is 41.8. The minimum atomic E-state index is -0.586. The molecule has 2 fully saturated rings. The summed E-state index contributed by atoms with van der Waals surface area (Å²) in [7, 11) is 3.41. The number of alkyl carbamates (subject to hydrolysis) is 1. The Kier molecular flexibility index (Phi) is 23.5. The van der Waals surface area contributed by atoms with E-state index in [9.17, 15) is 19.2 Å². The number of carbonyl (C=O) groups excluding carboxylic acids is 4. The van der Waals surface area contributed by atoms with Crippen LogP contribution in [0.25, 0.3) is 38.2 Å². The van der Waals surface area contributed by atoms with Crippen molar-refractivity contribution in [1.82, 2.24) is 55.0 Å². The van der Waals surface area contributed by atoms with Crippen molar-refractivity contribution in [3.05, 3.63) is 55.5 Å². The molecular weight excluding hydrogens is 747 g/mol. The first-order valence-corrected chi connectivity index (χ1v) is 20.4. The molecule has 0 spiro atoms. The molecule has 0 radical (unpaired) electrons. The number of aldehydes is 1. The number of aromatic amines is 2. The van der Waals surface area contributed by atoms with E-state index in [1.54, 1.807) is 35.2 Å². The number of aromatic nitrogens is 7. The number of hydrogen-bond acceptors (Lipinski definition) is 11. The SMILES string of the molecule is CCC.CCC.CCC(=O)NCC(=O)N1CCCC1.CN1CCCC1.COC(=O)NCC=O.c1ncc(-c2ccc(-c3cn4nc(-c5cnc[nH]5)sc4n3)cc2)[nH]1. The highest BCUT2D eigenvalue weighted by Crippen LogP contribution is 2.28. The molecule has 0 atom stereocenters. The molecule has 1 aromatic carbocycles. The Bertz CT molecular complexity index is 1780. The van der Waals surface area contributed by atoms with Crippen LogP contribution in [-0.4, -0.2) is 122 Å². The van der Waals surface area contributed by atoms with Crippen LogP contribution in [0.15, 0.2) is 55.5 Å². The maximum atomic E-state index is 11.4. The Hall–Kier alpha value is -5.42. The zero-order valence-corrected chi connectivity index (χ0v) is 35.4. The van der Waals surface area contributed by atoms with Crippen LogP contribution in [0.3, 0.4) is 0 Å². The number of amides is 3. The van der Waals surface area contributed by atoms with Gasteiger partial charge in [0.05, 0.1) is 68.5 Å². The van der Waals surface area contributed by atoms with Crippen LogP contribution in [0, 0.1) is 0 Å². The van der Waals surface area contributed by atoms with Crippen LogP contribution in [0.5, 0.6) is 0 Å². The summed E-state index contributed by atoms with van der Waals surface area (Å²) in [5, 5.41) is 10.2. The van der Waals surface area contributed by atoms with Crippen LogP contribution < -0.4 is 10.6 Å². The normalized spacial score (nSPS) is 12.8. The van der Waals surface area contributed by atoms with E-state index in [0.717, 1.165) is 64.1 Å². The third kappa shape index (κ3) is 17.9. The number of benzene rings is 1. The third-order valence-corrected chi connectivity index (χ3v) is 8.78. The summed E-state index contributed by atoms with van der Waals surface area (Å²) in [6.45, 7) is 14.8. The third-order valence-electron chi connectivity index (χ3n) is 7.82. The van der Waals surface area contributed by atoms with Gasteiger partial charge < -0.3 is 39.9 Å². The lowest BCUT2D eigenvalue weighted by Gasteiger charge is -2.15. The highest BCUT2D eigenvalue weighted by molar-refractivity contribution is 7.19. The molecular formula is C40H61N11O5S. The van der Waals surface area contributed by atoms with Gasteiger partial charge in [0, 0.05) is 25.1 Å². The van der Waals surface area contributed by atoms with Gasteiger partial charge in [0.25, 0.3) is 0 Å². The van der Waals surface area contributed by atoms with E-state index in [4.69, 9.17) is 0 Å². The van der Waals surface area contributed by atoms with Gasteiger partial charge in [-0.3, -0.25) is 9.59 Å². The van der Waals surface area contributed by atoms with Crippen LogP contribution in [0.1, 0.15) is 79.6 Å². The van der Waals surface area contributed by atoms with Gasteiger partial charge in [0.1, 0.15) is 6.29 Å². The number of nitrogens with one attached hydrogen (secondary N) is 4. The van der Waals surface area contributed by atoms with E-state index < -0.39 is 6.09 Å². The van der Waals surface area contributed by atoms with Crippen LogP contribution in [0.4, 0.5) is 4.79 Å². The Morgan fingerprint density at radius 3 is 1.88 bits per heavy atom. The van der Waals surface area contributed by atoms with Crippen molar-refractivity contribution < 1.29 is 23.9 Å². The summed E-state index contributed by atoms with van der Waals surface area (Å²) in [5.41, 5.74) is 4.95. The zero-order valence-electron chi connectivity index (χ0n) is 34.5. The maximum absolute atomic E-state index is 11.4. The van der Waals surface area contributed by atoms with Crippen molar-refractivity contribution in [2.24, 2.45) is 0 Å². The second kappa shape index (κ2) is 28.0. The van der Waals surface area contributed by atoms with E-state index in [-0.39, 0.29) is 24.9 Å². The van der Waals surface area contributed by atoms with Gasteiger partial charge in [-0.1, -0.05) is 83.1 Å². The molecule has 0 aliphatic carbocycles. The largest absolute Gasteiger partial charge is 0.453 e. The summed E-state index contributed by atoms with van der Waals surface area (Å²) in [6, 6.07) is 8.22. The fraction of sp³-hybridized carbons (Fsp3) is 0.500. The number of methoxy groups -OCH3 is 1. The lowest BCUT2D eigenvalue weighted by Crippen LogP contribution is -2.38. The molecule has 4 N–H and O–H groups in total. The Balaban J connectivity index is 0.000000286. The molecule has 4 aromatic heterocycles.